The number of fused-ring (bicyclic) bond motifs is 2. The van der Waals surface area contributed by atoms with Crippen LogP contribution >= 0.6 is 0 Å². The number of rotatable bonds is 5. The van der Waals surface area contributed by atoms with Gasteiger partial charge in [0.25, 0.3) is 11.8 Å². The van der Waals surface area contributed by atoms with Gasteiger partial charge in [-0.15, -0.1) is 0 Å². The molecule has 0 radical (unpaired) electrons. The summed E-state index contributed by atoms with van der Waals surface area (Å²) in [5.74, 6) is -0.0940. The summed E-state index contributed by atoms with van der Waals surface area (Å²) in [6.07, 6.45) is 4.95. The van der Waals surface area contributed by atoms with Gasteiger partial charge in [0, 0.05) is 41.6 Å². The first-order chi connectivity index (χ1) is 17.0. The fraction of sp³-hybridized carbons (Fsp3) is 0.160. The highest BCUT2D eigenvalue weighted by Crippen LogP contribution is 2.37. The zero-order valence-corrected chi connectivity index (χ0v) is 18.6. The number of nitrogens with zero attached hydrogens (tertiary/aromatic N) is 3. The Labute approximate surface area is 198 Å². The van der Waals surface area contributed by atoms with Crippen LogP contribution in [-0.2, 0) is 16.9 Å². The smallest absolute Gasteiger partial charge is 0.322 e. The summed E-state index contributed by atoms with van der Waals surface area (Å²) in [6.45, 7) is 0.168. The third kappa shape index (κ3) is 3.22. The van der Waals surface area contributed by atoms with Crippen LogP contribution < -0.4 is 15.4 Å². The maximum atomic E-state index is 13.2. The molecular formula is C25H19N5O5. The highest BCUT2D eigenvalue weighted by atomic mass is 16.5. The highest BCUT2D eigenvalue weighted by molar-refractivity contribution is 6.08. The standard InChI is InChI=1S/C25H19N5O5/c1-34-16-5-4-15-12-30(22(31)17(15)9-16)13-25(23(32)28-24(33)29-25)20-10-18-19(35-20)6-8-27-21(18)14-3-2-7-26-11-14/h2-11H,12-13H2,1H3,(H2,28,29,32,33)/t25-/m0/s1. The lowest BCUT2D eigenvalue weighted by molar-refractivity contribution is -0.125. The molecule has 2 aliphatic rings. The molecule has 0 spiro atoms. The van der Waals surface area contributed by atoms with E-state index in [0.29, 0.717) is 28.0 Å². The number of carbonyl (C=O) groups is 3. The molecule has 6 rings (SSSR count). The quantitative estimate of drug-likeness (QED) is 0.430. The maximum absolute atomic E-state index is 13.2. The predicted molar refractivity (Wildman–Crippen MR) is 123 cm³/mol. The number of amides is 4. The van der Waals surface area contributed by atoms with Crippen LogP contribution in [0.1, 0.15) is 21.7 Å². The Bertz CT molecular complexity index is 1520. The molecule has 4 aromatic rings. The normalized spacial score (nSPS) is 19.1. The molecule has 1 atom stereocenters. The number of benzene rings is 1. The average molecular weight is 469 g/mol. The fourth-order valence-corrected chi connectivity index (χ4v) is 4.64. The van der Waals surface area contributed by atoms with E-state index in [0.717, 1.165) is 11.1 Å². The van der Waals surface area contributed by atoms with Crippen LogP contribution in [0, 0.1) is 0 Å². The topological polar surface area (TPSA) is 127 Å². The number of aromatic nitrogens is 2. The van der Waals surface area contributed by atoms with Crippen molar-refractivity contribution in [3.63, 3.8) is 0 Å². The van der Waals surface area contributed by atoms with Gasteiger partial charge in [-0.2, -0.15) is 0 Å². The molecule has 2 aliphatic heterocycles. The molecule has 10 heteroatoms. The molecule has 0 bridgehead atoms. The van der Waals surface area contributed by atoms with Gasteiger partial charge in [0.1, 0.15) is 17.1 Å². The minimum absolute atomic E-state index is 0.115. The van der Waals surface area contributed by atoms with Crippen molar-refractivity contribution in [2.75, 3.05) is 13.7 Å². The van der Waals surface area contributed by atoms with Gasteiger partial charge in [-0.25, -0.2) is 4.79 Å². The SMILES string of the molecule is COc1ccc2c(c1)C(=O)N(C[C@@]1(c3cc4c(-c5cccnc5)nccc4o3)NC(=O)NC1=O)C2. The van der Waals surface area contributed by atoms with E-state index in [4.69, 9.17) is 9.15 Å². The molecule has 10 nitrogen and oxygen atoms in total. The molecule has 2 N–H and O–H groups in total. The molecule has 0 saturated carbocycles. The van der Waals surface area contributed by atoms with Crippen molar-refractivity contribution in [1.82, 2.24) is 25.5 Å². The number of furan rings is 1. The average Bonchev–Trinajstić information content (AvgIpc) is 3.53. The van der Waals surface area contributed by atoms with E-state index in [1.165, 1.54) is 12.0 Å². The number of hydrogen-bond acceptors (Lipinski definition) is 7. The van der Waals surface area contributed by atoms with Gasteiger partial charge >= 0.3 is 6.03 Å². The summed E-state index contributed by atoms with van der Waals surface area (Å²) in [5.41, 5.74) is 1.59. The minimum atomic E-state index is -1.61. The largest absolute Gasteiger partial charge is 0.497 e. The highest BCUT2D eigenvalue weighted by Gasteiger charge is 2.53. The second-order valence-electron chi connectivity index (χ2n) is 8.42. The summed E-state index contributed by atoms with van der Waals surface area (Å²) in [5, 5.41) is 5.66. The number of pyridine rings is 2. The van der Waals surface area contributed by atoms with Crippen LogP contribution in [-0.4, -0.2) is 46.4 Å². The molecule has 0 unspecified atom stereocenters. The van der Waals surface area contributed by atoms with E-state index in [-0.39, 0.29) is 24.8 Å². The minimum Gasteiger partial charge on any atom is -0.497 e. The Balaban J connectivity index is 1.43. The number of carbonyl (C=O) groups excluding carboxylic acids is 3. The Morgan fingerprint density at radius 3 is 2.77 bits per heavy atom. The molecule has 5 heterocycles. The van der Waals surface area contributed by atoms with Gasteiger partial charge < -0.3 is 19.4 Å². The fourth-order valence-electron chi connectivity index (χ4n) is 4.64. The van der Waals surface area contributed by atoms with Gasteiger partial charge in [0.2, 0.25) is 0 Å². The molecule has 174 valence electrons. The predicted octanol–water partition coefficient (Wildman–Crippen LogP) is 2.59. The van der Waals surface area contributed by atoms with Crippen molar-refractivity contribution in [1.29, 1.82) is 0 Å². The van der Waals surface area contributed by atoms with Gasteiger partial charge in [0.15, 0.2) is 5.54 Å². The van der Waals surface area contributed by atoms with Crippen LogP contribution in [0.15, 0.2) is 65.5 Å². The van der Waals surface area contributed by atoms with Gasteiger partial charge in [0.05, 0.1) is 19.3 Å². The summed E-state index contributed by atoms with van der Waals surface area (Å²) >= 11 is 0. The first-order valence-electron chi connectivity index (χ1n) is 10.9. The van der Waals surface area contributed by atoms with Gasteiger partial charge in [-0.1, -0.05) is 6.07 Å². The zero-order chi connectivity index (χ0) is 24.2. The molecular weight excluding hydrogens is 450 g/mol. The molecule has 1 fully saturated rings. The second kappa shape index (κ2) is 7.66. The lowest BCUT2D eigenvalue weighted by Crippen LogP contribution is -2.52. The Morgan fingerprint density at radius 1 is 1.14 bits per heavy atom. The Hall–Kier alpha value is -4.73. The maximum Gasteiger partial charge on any atom is 0.322 e. The van der Waals surface area contributed by atoms with Crippen molar-refractivity contribution in [2.24, 2.45) is 0 Å². The summed E-state index contributed by atoms with van der Waals surface area (Å²) in [6, 6.07) is 11.7. The van der Waals surface area contributed by atoms with E-state index in [2.05, 4.69) is 20.6 Å². The molecule has 3 aromatic heterocycles. The number of ether oxygens (including phenoxy) is 1. The van der Waals surface area contributed by atoms with Crippen molar-refractivity contribution in [3.8, 4) is 17.0 Å². The number of hydrogen-bond donors (Lipinski definition) is 2. The number of urea groups is 1. The van der Waals surface area contributed by atoms with E-state index in [1.54, 1.807) is 48.9 Å². The van der Waals surface area contributed by atoms with Crippen LogP contribution in [0.3, 0.4) is 0 Å². The van der Waals surface area contributed by atoms with E-state index in [1.807, 2.05) is 12.1 Å². The van der Waals surface area contributed by atoms with Crippen LogP contribution in [0.5, 0.6) is 5.75 Å². The molecule has 1 aromatic carbocycles. The summed E-state index contributed by atoms with van der Waals surface area (Å²) < 4.78 is 11.3. The van der Waals surface area contributed by atoms with E-state index < -0.39 is 17.5 Å². The molecule has 0 aliphatic carbocycles. The van der Waals surface area contributed by atoms with Crippen LogP contribution in [0.25, 0.3) is 22.2 Å². The second-order valence-corrected chi connectivity index (χ2v) is 8.42. The van der Waals surface area contributed by atoms with Crippen molar-refractivity contribution in [3.05, 3.63) is 77.9 Å². The Morgan fingerprint density at radius 2 is 2.03 bits per heavy atom. The third-order valence-electron chi connectivity index (χ3n) is 6.37. The van der Waals surface area contributed by atoms with Crippen molar-refractivity contribution >= 4 is 28.8 Å². The lowest BCUT2D eigenvalue weighted by atomic mass is 9.95. The summed E-state index contributed by atoms with van der Waals surface area (Å²) in [7, 11) is 1.53. The van der Waals surface area contributed by atoms with E-state index >= 15 is 0 Å². The number of nitrogens with one attached hydrogen (secondary N) is 2. The first kappa shape index (κ1) is 20.8. The van der Waals surface area contributed by atoms with Gasteiger partial charge in [-0.3, -0.25) is 24.9 Å². The van der Waals surface area contributed by atoms with Crippen molar-refractivity contribution < 1.29 is 23.5 Å². The monoisotopic (exact) mass is 469 g/mol. The molecule has 35 heavy (non-hydrogen) atoms. The van der Waals surface area contributed by atoms with Crippen molar-refractivity contribution in [2.45, 2.75) is 12.1 Å². The molecule has 1 saturated heterocycles. The summed E-state index contributed by atoms with van der Waals surface area (Å²) in [4.78, 5) is 48.8. The first-order valence-corrected chi connectivity index (χ1v) is 10.9. The Kier molecular flexibility index (Phi) is 4.56. The van der Waals surface area contributed by atoms with E-state index in [9.17, 15) is 14.4 Å². The van der Waals surface area contributed by atoms with Crippen LogP contribution in [0.2, 0.25) is 0 Å². The van der Waals surface area contributed by atoms with Crippen LogP contribution in [0.4, 0.5) is 4.79 Å². The molecule has 4 amide bonds. The zero-order valence-electron chi connectivity index (χ0n) is 18.6. The number of methoxy groups -OCH3 is 1. The van der Waals surface area contributed by atoms with Gasteiger partial charge in [-0.05, 0) is 42.0 Å². The number of imide groups is 1. The lowest BCUT2D eigenvalue weighted by Gasteiger charge is -2.29. The third-order valence-corrected chi connectivity index (χ3v) is 6.37.